The Morgan fingerprint density at radius 1 is 1.18 bits per heavy atom. The van der Waals surface area contributed by atoms with Gasteiger partial charge in [-0.1, -0.05) is 12.1 Å². The quantitative estimate of drug-likeness (QED) is 0.275. The molecule has 0 saturated carbocycles. The van der Waals surface area contributed by atoms with Crippen LogP contribution in [0.5, 0.6) is 5.75 Å². The average molecular weight is 571 g/mol. The van der Waals surface area contributed by atoms with E-state index < -0.39 is 0 Å². The molecular formula is C24H39IN6O2. The number of rotatable bonds is 9. The number of ether oxygens (including phenoxy) is 2. The Kier molecular flexibility index (Phi) is 11.4. The highest BCUT2D eigenvalue weighted by Gasteiger charge is 2.22. The fourth-order valence-electron chi connectivity index (χ4n) is 4.15. The number of aliphatic imine (C=N–C) groups is 1. The van der Waals surface area contributed by atoms with Gasteiger partial charge in [-0.15, -0.1) is 24.0 Å². The highest BCUT2D eigenvalue weighted by molar-refractivity contribution is 14.0. The topological polar surface area (TPSA) is 75.9 Å². The molecule has 1 atom stereocenters. The van der Waals surface area contributed by atoms with Gasteiger partial charge in [0.05, 0.1) is 38.6 Å². The lowest BCUT2D eigenvalue weighted by Gasteiger charge is -2.34. The molecule has 2 aromatic rings. The van der Waals surface area contributed by atoms with Crippen molar-refractivity contribution in [3.05, 3.63) is 46.8 Å². The van der Waals surface area contributed by atoms with E-state index in [2.05, 4.69) is 53.5 Å². The van der Waals surface area contributed by atoms with Gasteiger partial charge in [0, 0.05) is 38.9 Å². The molecule has 2 N–H and O–H groups in total. The molecule has 8 nitrogen and oxygen atoms in total. The average Bonchev–Trinajstić information content (AvgIpc) is 3.06. The van der Waals surface area contributed by atoms with Crippen LogP contribution in [0.1, 0.15) is 35.5 Å². The monoisotopic (exact) mass is 570 g/mol. The number of hydrogen-bond acceptors (Lipinski definition) is 5. The third-order valence-electron chi connectivity index (χ3n) is 6.08. The Morgan fingerprint density at radius 2 is 1.88 bits per heavy atom. The Labute approximate surface area is 215 Å². The first-order valence-electron chi connectivity index (χ1n) is 11.5. The number of aryl methyl sites for hydroxylation is 2. The fraction of sp³-hybridized carbons (Fsp3) is 0.583. The first-order chi connectivity index (χ1) is 15.5. The molecule has 1 fully saturated rings. The smallest absolute Gasteiger partial charge is 0.191 e. The summed E-state index contributed by atoms with van der Waals surface area (Å²) in [6.07, 6.45) is 0.918. The zero-order valence-corrected chi connectivity index (χ0v) is 22.9. The summed E-state index contributed by atoms with van der Waals surface area (Å²) in [7, 11) is 3.69. The number of benzene rings is 1. The summed E-state index contributed by atoms with van der Waals surface area (Å²) >= 11 is 0. The Balaban J connectivity index is 0.00000385. The third-order valence-corrected chi connectivity index (χ3v) is 6.08. The van der Waals surface area contributed by atoms with Crippen molar-refractivity contribution in [2.24, 2.45) is 12.0 Å². The summed E-state index contributed by atoms with van der Waals surface area (Å²) in [5.74, 6) is 1.72. The molecule has 9 heteroatoms. The maximum absolute atomic E-state index is 5.57. The molecule has 0 aliphatic carbocycles. The van der Waals surface area contributed by atoms with Gasteiger partial charge in [-0.3, -0.25) is 14.6 Å². The first-order valence-corrected chi connectivity index (χ1v) is 11.5. The normalized spacial score (nSPS) is 15.6. The number of methoxy groups -OCH3 is 1. The van der Waals surface area contributed by atoms with Gasteiger partial charge in [-0.25, -0.2) is 0 Å². The van der Waals surface area contributed by atoms with Crippen molar-refractivity contribution in [1.82, 2.24) is 25.3 Å². The Hall–Kier alpha value is -1.85. The molecule has 1 aromatic carbocycles. The summed E-state index contributed by atoms with van der Waals surface area (Å²) in [5, 5.41) is 11.4. The van der Waals surface area contributed by atoms with E-state index in [4.69, 9.17) is 14.5 Å². The van der Waals surface area contributed by atoms with Gasteiger partial charge in [0.25, 0.3) is 0 Å². The van der Waals surface area contributed by atoms with E-state index in [0.717, 1.165) is 63.2 Å². The van der Waals surface area contributed by atoms with Crippen molar-refractivity contribution in [3.8, 4) is 5.75 Å². The van der Waals surface area contributed by atoms with E-state index in [1.807, 2.05) is 23.9 Å². The number of guanidine groups is 1. The van der Waals surface area contributed by atoms with Crippen LogP contribution in [-0.2, 0) is 18.2 Å². The van der Waals surface area contributed by atoms with Crippen LogP contribution < -0.4 is 15.4 Å². The fourth-order valence-corrected chi connectivity index (χ4v) is 4.15. The highest BCUT2D eigenvalue weighted by Crippen LogP contribution is 2.24. The van der Waals surface area contributed by atoms with E-state index in [9.17, 15) is 0 Å². The number of nitrogens with zero attached hydrogens (tertiary/aromatic N) is 4. The van der Waals surface area contributed by atoms with E-state index >= 15 is 0 Å². The molecule has 0 bridgehead atoms. The van der Waals surface area contributed by atoms with Crippen molar-refractivity contribution in [3.63, 3.8) is 0 Å². The van der Waals surface area contributed by atoms with Crippen LogP contribution in [0.2, 0.25) is 0 Å². The van der Waals surface area contributed by atoms with Gasteiger partial charge in [-0.2, -0.15) is 5.10 Å². The summed E-state index contributed by atoms with van der Waals surface area (Å²) in [4.78, 5) is 7.41. The number of hydrogen-bond donors (Lipinski definition) is 2. The summed E-state index contributed by atoms with van der Waals surface area (Å²) in [6, 6.07) is 8.53. The van der Waals surface area contributed by atoms with Gasteiger partial charge < -0.3 is 20.1 Å². The zero-order chi connectivity index (χ0) is 22.9. The minimum atomic E-state index is 0. The van der Waals surface area contributed by atoms with Gasteiger partial charge >= 0.3 is 0 Å². The second kappa shape index (κ2) is 13.8. The molecule has 0 spiro atoms. The van der Waals surface area contributed by atoms with Gasteiger partial charge in [-0.05, 0) is 50.5 Å². The number of halogens is 1. The van der Waals surface area contributed by atoms with E-state index in [0.29, 0.717) is 6.54 Å². The minimum absolute atomic E-state index is 0. The summed E-state index contributed by atoms with van der Waals surface area (Å²) in [6.45, 7) is 11.9. The second-order valence-electron chi connectivity index (χ2n) is 8.11. The molecule has 2 heterocycles. The number of aromatic nitrogens is 2. The highest BCUT2D eigenvalue weighted by atomic mass is 127. The van der Waals surface area contributed by atoms with Crippen LogP contribution in [0.25, 0.3) is 0 Å². The lowest BCUT2D eigenvalue weighted by molar-refractivity contribution is 0.0179. The lowest BCUT2D eigenvalue weighted by Crippen LogP contribution is -2.42. The molecule has 1 aliphatic heterocycles. The molecule has 184 valence electrons. The molecule has 33 heavy (non-hydrogen) atoms. The molecule has 0 amide bonds. The Bertz CT molecular complexity index is 878. The zero-order valence-electron chi connectivity index (χ0n) is 20.6. The van der Waals surface area contributed by atoms with Crippen LogP contribution in [0.15, 0.2) is 29.3 Å². The van der Waals surface area contributed by atoms with Crippen LogP contribution in [0, 0.1) is 13.8 Å². The van der Waals surface area contributed by atoms with Crippen molar-refractivity contribution in [2.45, 2.75) is 33.2 Å². The predicted octanol–water partition coefficient (Wildman–Crippen LogP) is 2.83. The molecule has 1 aromatic heterocycles. The molecule has 1 aliphatic rings. The molecule has 0 radical (unpaired) electrons. The first kappa shape index (κ1) is 27.4. The maximum Gasteiger partial charge on any atom is 0.191 e. The van der Waals surface area contributed by atoms with Gasteiger partial charge in [0.15, 0.2) is 5.96 Å². The van der Waals surface area contributed by atoms with Crippen LogP contribution in [-0.4, -0.2) is 73.7 Å². The predicted molar refractivity (Wildman–Crippen MR) is 144 cm³/mol. The van der Waals surface area contributed by atoms with Crippen LogP contribution in [0.3, 0.4) is 0 Å². The van der Waals surface area contributed by atoms with Crippen molar-refractivity contribution in [2.75, 3.05) is 53.0 Å². The largest absolute Gasteiger partial charge is 0.497 e. The Morgan fingerprint density at radius 3 is 2.45 bits per heavy atom. The summed E-state index contributed by atoms with van der Waals surface area (Å²) < 4.78 is 12.9. The van der Waals surface area contributed by atoms with E-state index in [1.54, 1.807) is 7.11 Å². The molecule has 3 rings (SSSR count). The minimum Gasteiger partial charge on any atom is -0.497 e. The van der Waals surface area contributed by atoms with Crippen molar-refractivity contribution < 1.29 is 9.47 Å². The van der Waals surface area contributed by atoms with Crippen LogP contribution >= 0.6 is 24.0 Å². The molecule has 1 saturated heterocycles. The SMILES string of the molecule is CCNC(=NCC(c1ccc(OC)cc1)N1CCOCC1)NCCc1c(C)nn(C)c1C.I. The van der Waals surface area contributed by atoms with Gasteiger partial charge in [0.2, 0.25) is 0 Å². The second-order valence-corrected chi connectivity index (χ2v) is 8.11. The molecule has 1 unspecified atom stereocenters. The lowest BCUT2D eigenvalue weighted by atomic mass is 10.0. The van der Waals surface area contributed by atoms with E-state index in [-0.39, 0.29) is 30.0 Å². The number of morpholine rings is 1. The van der Waals surface area contributed by atoms with Crippen molar-refractivity contribution >= 4 is 29.9 Å². The number of nitrogens with one attached hydrogen (secondary N) is 2. The third kappa shape index (κ3) is 7.58. The standard InChI is InChI=1S/C24H38N6O2.HI/c1-6-25-24(26-12-11-22-18(2)28-29(4)19(22)3)27-17-23(30-13-15-32-16-14-30)20-7-9-21(31-5)10-8-20;/h7-10,23H,6,11-17H2,1-5H3,(H2,25,26,27);1H. The summed E-state index contributed by atoms with van der Waals surface area (Å²) in [5.41, 5.74) is 4.87. The maximum atomic E-state index is 5.57. The van der Waals surface area contributed by atoms with E-state index in [1.165, 1.54) is 16.8 Å². The van der Waals surface area contributed by atoms with Crippen molar-refractivity contribution in [1.29, 1.82) is 0 Å². The van der Waals surface area contributed by atoms with Gasteiger partial charge in [0.1, 0.15) is 5.75 Å². The molecular weight excluding hydrogens is 531 g/mol. The van der Waals surface area contributed by atoms with Crippen LogP contribution in [0.4, 0.5) is 0 Å².